The second kappa shape index (κ2) is 16.1. The van der Waals surface area contributed by atoms with Gasteiger partial charge in [0.15, 0.2) is 5.82 Å². The van der Waals surface area contributed by atoms with Gasteiger partial charge in [0, 0.05) is 83.0 Å². The molecule has 4 aromatic rings. The molecule has 17 heteroatoms. The number of amides is 4. The summed E-state index contributed by atoms with van der Waals surface area (Å²) in [6.45, 7) is 0.820. The number of hydrogen-bond acceptors (Lipinski definition) is 7. The normalized spacial score (nSPS) is 11.0. The monoisotopic (exact) mass is 697 g/mol. The van der Waals surface area contributed by atoms with Gasteiger partial charge >= 0.3 is 0 Å². The van der Waals surface area contributed by atoms with E-state index in [1.807, 2.05) is 0 Å². The van der Waals surface area contributed by atoms with Crippen molar-refractivity contribution in [2.24, 2.45) is 26.9 Å². The minimum atomic E-state index is -0.523. The minimum absolute atomic E-state index is 0.0344. The molecule has 254 valence electrons. The predicted molar refractivity (Wildman–Crippen MR) is 185 cm³/mol. The van der Waals surface area contributed by atoms with Crippen molar-refractivity contribution < 1.29 is 19.2 Å². The zero-order chi connectivity index (χ0) is 35.0. The Morgan fingerprint density at radius 3 is 1.92 bits per heavy atom. The smallest absolute Gasteiger partial charge is 0.274 e. The molecule has 0 unspecified atom stereocenters. The van der Waals surface area contributed by atoms with Gasteiger partial charge in [-0.05, 0) is 24.3 Å². The summed E-state index contributed by atoms with van der Waals surface area (Å²) in [6, 6.07) is 13.2. The third kappa shape index (κ3) is 8.61. The lowest BCUT2D eigenvalue weighted by atomic mass is 10.2. The maximum atomic E-state index is 13.6. The maximum absolute atomic E-state index is 13.6. The molecule has 0 saturated heterocycles. The number of hydrogen-bond donors (Lipinski definition) is 5. The van der Waals surface area contributed by atoms with E-state index < -0.39 is 11.8 Å². The molecule has 0 bridgehead atoms. The van der Waals surface area contributed by atoms with Crippen molar-refractivity contribution >= 4 is 69.9 Å². The Balaban J connectivity index is 1.50. The van der Waals surface area contributed by atoms with Crippen LogP contribution >= 0.6 is 23.2 Å². The number of halogens is 2. The van der Waals surface area contributed by atoms with Crippen LogP contribution in [0.4, 0.5) is 17.2 Å². The Labute approximate surface area is 287 Å². The van der Waals surface area contributed by atoms with E-state index in [0.29, 0.717) is 35.7 Å². The number of nitrogens with two attached hydrogens (primary N) is 1. The lowest BCUT2D eigenvalue weighted by Crippen LogP contribution is -2.49. The van der Waals surface area contributed by atoms with Crippen LogP contribution in [0.3, 0.4) is 0 Å². The van der Waals surface area contributed by atoms with Crippen LogP contribution in [0.15, 0.2) is 60.9 Å². The van der Waals surface area contributed by atoms with Crippen molar-refractivity contribution in [3.05, 3.63) is 83.6 Å². The van der Waals surface area contributed by atoms with E-state index in [4.69, 9.17) is 34.3 Å². The van der Waals surface area contributed by atoms with Crippen LogP contribution in [-0.2, 0) is 21.1 Å². The number of carbonyl (C=O) groups excluding carboxylic acids is 4. The fraction of sp³-hybridized carbons (Fsp3) is 0.290. The van der Waals surface area contributed by atoms with Gasteiger partial charge in [0.2, 0.25) is 0 Å². The fourth-order valence-corrected chi connectivity index (χ4v) is 5.25. The molecule has 1 aromatic carbocycles. The van der Waals surface area contributed by atoms with Crippen molar-refractivity contribution in [3.63, 3.8) is 0 Å². The zero-order valence-electron chi connectivity index (χ0n) is 26.7. The summed E-state index contributed by atoms with van der Waals surface area (Å²) in [4.78, 5) is 52.7. The SMILES string of the molecule is Cn1cc(NC(=O)c2cc(NC(=O)c3cc(N(C(=O)c4ccccc4)N(CCCl)CCCl)nn3C)cn2C)cc1C(=O)NCCC(=N)N. The number of alkyl halides is 2. The highest BCUT2D eigenvalue weighted by Crippen LogP contribution is 2.22. The number of nitrogens with zero attached hydrogens (tertiary/aromatic N) is 6. The number of amidine groups is 1. The average Bonchev–Trinajstić information content (AvgIpc) is 3.73. The van der Waals surface area contributed by atoms with Crippen molar-refractivity contribution in [2.75, 3.05) is 47.0 Å². The Morgan fingerprint density at radius 1 is 0.833 bits per heavy atom. The fourth-order valence-electron chi connectivity index (χ4n) is 4.86. The van der Waals surface area contributed by atoms with Crippen LogP contribution in [0.5, 0.6) is 0 Å². The Hall–Kier alpha value is -5.12. The van der Waals surface area contributed by atoms with Gasteiger partial charge < -0.3 is 30.8 Å². The molecule has 0 aliphatic rings. The number of carbonyl (C=O) groups is 4. The number of nitrogens with one attached hydrogen (secondary N) is 4. The van der Waals surface area contributed by atoms with Crippen molar-refractivity contribution in [1.29, 1.82) is 5.41 Å². The van der Waals surface area contributed by atoms with E-state index in [1.165, 1.54) is 27.9 Å². The van der Waals surface area contributed by atoms with E-state index in [9.17, 15) is 19.2 Å². The second-order valence-corrected chi connectivity index (χ2v) is 11.5. The number of benzene rings is 1. The van der Waals surface area contributed by atoms with E-state index in [0.717, 1.165) is 0 Å². The Kier molecular flexibility index (Phi) is 12.0. The molecule has 0 fully saturated rings. The van der Waals surface area contributed by atoms with Gasteiger partial charge in [-0.2, -0.15) is 5.10 Å². The van der Waals surface area contributed by atoms with E-state index in [2.05, 4.69) is 21.0 Å². The summed E-state index contributed by atoms with van der Waals surface area (Å²) in [7, 11) is 4.90. The first-order valence-electron chi connectivity index (χ1n) is 14.8. The average molecular weight is 699 g/mol. The third-order valence-electron chi connectivity index (χ3n) is 7.17. The third-order valence-corrected chi connectivity index (χ3v) is 7.51. The summed E-state index contributed by atoms with van der Waals surface area (Å²) in [5, 5.41) is 23.0. The van der Waals surface area contributed by atoms with Gasteiger partial charge in [0.05, 0.1) is 17.2 Å². The topological polar surface area (TPSA) is 188 Å². The number of rotatable bonds is 15. The number of aryl methyl sites for hydroxylation is 3. The lowest BCUT2D eigenvalue weighted by Gasteiger charge is -2.32. The molecular formula is C31H37Cl2N11O4. The van der Waals surface area contributed by atoms with Crippen LogP contribution < -0.4 is 26.7 Å². The molecule has 0 aliphatic carbocycles. The van der Waals surface area contributed by atoms with Crippen molar-refractivity contribution in [3.8, 4) is 0 Å². The van der Waals surface area contributed by atoms with Crippen LogP contribution in [0, 0.1) is 5.41 Å². The second-order valence-electron chi connectivity index (χ2n) is 10.7. The standard InChI is InChI=1S/C31H37Cl2N11O4/c1-40-18-21(15-23(40)28(45)36-12-9-26(34)35)37-29(46)24-16-22(19-41(24)2)38-30(47)25-17-27(39-42(25)3)44(43(13-10-32)14-11-33)31(48)20-7-5-4-6-8-20/h4-8,15-19H,9-14H2,1-3H3,(H3,34,35)(H,36,45)(H,37,46)(H,38,47). The van der Waals surface area contributed by atoms with Gasteiger partial charge in [-0.25, -0.2) is 10.0 Å². The van der Waals surface area contributed by atoms with Crippen LogP contribution in [0.25, 0.3) is 0 Å². The Bertz CT molecular complexity index is 1790. The molecule has 3 aromatic heterocycles. The first-order chi connectivity index (χ1) is 22.9. The minimum Gasteiger partial charge on any atom is -0.388 e. The van der Waals surface area contributed by atoms with Gasteiger partial charge in [0.1, 0.15) is 17.1 Å². The van der Waals surface area contributed by atoms with Crippen molar-refractivity contribution in [2.45, 2.75) is 6.42 Å². The van der Waals surface area contributed by atoms with Crippen LogP contribution in [-0.4, -0.2) is 84.8 Å². The van der Waals surface area contributed by atoms with Gasteiger partial charge in [-0.15, -0.1) is 23.2 Å². The highest BCUT2D eigenvalue weighted by Gasteiger charge is 2.28. The van der Waals surface area contributed by atoms with E-state index in [-0.39, 0.29) is 59.6 Å². The number of hydrazine groups is 1. The molecule has 0 saturated carbocycles. The highest BCUT2D eigenvalue weighted by molar-refractivity contribution is 6.18. The summed E-state index contributed by atoms with van der Waals surface area (Å²) in [6.07, 6.45) is 3.40. The molecule has 0 aliphatic heterocycles. The molecule has 48 heavy (non-hydrogen) atoms. The molecule has 0 atom stereocenters. The van der Waals surface area contributed by atoms with Crippen LogP contribution in [0.2, 0.25) is 0 Å². The molecule has 3 heterocycles. The van der Waals surface area contributed by atoms with Gasteiger partial charge in [-0.3, -0.25) is 29.3 Å². The van der Waals surface area contributed by atoms with E-state index >= 15 is 0 Å². The van der Waals surface area contributed by atoms with Gasteiger partial charge in [-0.1, -0.05) is 18.2 Å². The molecule has 4 rings (SSSR count). The highest BCUT2D eigenvalue weighted by atomic mass is 35.5. The predicted octanol–water partition coefficient (Wildman–Crippen LogP) is 3.00. The largest absolute Gasteiger partial charge is 0.388 e. The van der Waals surface area contributed by atoms with Gasteiger partial charge in [0.25, 0.3) is 23.6 Å². The zero-order valence-corrected chi connectivity index (χ0v) is 28.2. The summed E-state index contributed by atoms with van der Waals surface area (Å²) in [5.41, 5.74) is 7.18. The van der Waals surface area contributed by atoms with Crippen LogP contribution in [0.1, 0.15) is 48.2 Å². The maximum Gasteiger partial charge on any atom is 0.274 e. The number of aromatic nitrogens is 4. The van der Waals surface area contributed by atoms with E-state index in [1.54, 1.807) is 78.0 Å². The molecule has 0 spiro atoms. The Morgan fingerprint density at radius 2 is 1.38 bits per heavy atom. The molecular weight excluding hydrogens is 661 g/mol. The molecule has 4 amide bonds. The molecule has 0 radical (unpaired) electrons. The first-order valence-corrected chi connectivity index (χ1v) is 15.9. The first kappa shape index (κ1) is 35.7. The molecule has 6 N–H and O–H groups in total. The molecule has 15 nitrogen and oxygen atoms in total. The summed E-state index contributed by atoms with van der Waals surface area (Å²) in [5.74, 6) is -1.12. The quantitative estimate of drug-likeness (QED) is 0.0546. The lowest BCUT2D eigenvalue weighted by molar-refractivity contribution is 0.0899. The van der Waals surface area contributed by atoms with Crippen molar-refractivity contribution in [1.82, 2.24) is 29.2 Å². The number of anilines is 3. The summed E-state index contributed by atoms with van der Waals surface area (Å²) < 4.78 is 4.47. The summed E-state index contributed by atoms with van der Waals surface area (Å²) >= 11 is 12.1.